The summed E-state index contributed by atoms with van der Waals surface area (Å²) in [6.45, 7) is 0. The fourth-order valence-corrected chi connectivity index (χ4v) is 5.07. The van der Waals surface area contributed by atoms with Crippen molar-refractivity contribution in [1.29, 1.82) is 0 Å². The standard InChI is InChI=1S/C17H14BrNO2/c18-8-1-3-9(4-2-8)19-16(20)14-10-5-6-11(13-7-12(10)13)15(14)17(19)21/h1-6,10-15H,7H2/t10-,11-,12-,13-,14+,15+/m1/s1. The fourth-order valence-electron chi connectivity index (χ4n) is 4.80. The van der Waals surface area contributed by atoms with Crippen molar-refractivity contribution in [3.05, 3.63) is 40.9 Å². The van der Waals surface area contributed by atoms with Crippen molar-refractivity contribution in [3.8, 4) is 0 Å². The summed E-state index contributed by atoms with van der Waals surface area (Å²) in [5, 5.41) is 0. The van der Waals surface area contributed by atoms with Crippen LogP contribution in [0.15, 0.2) is 40.9 Å². The number of allylic oxidation sites excluding steroid dienone is 2. The third kappa shape index (κ3) is 1.44. The molecule has 1 aliphatic heterocycles. The third-order valence-corrected chi connectivity index (χ3v) is 6.28. The first-order chi connectivity index (χ1) is 10.2. The first kappa shape index (κ1) is 12.2. The van der Waals surface area contributed by atoms with E-state index < -0.39 is 0 Å². The Morgan fingerprint density at radius 2 is 1.43 bits per heavy atom. The van der Waals surface area contributed by atoms with Gasteiger partial charge in [0.2, 0.25) is 11.8 Å². The van der Waals surface area contributed by atoms with Gasteiger partial charge in [0.05, 0.1) is 17.5 Å². The molecule has 2 saturated carbocycles. The molecule has 4 heteroatoms. The first-order valence-corrected chi connectivity index (χ1v) is 8.28. The molecule has 21 heavy (non-hydrogen) atoms. The van der Waals surface area contributed by atoms with Crippen molar-refractivity contribution in [2.24, 2.45) is 35.5 Å². The molecule has 0 unspecified atom stereocenters. The number of anilines is 1. The minimum absolute atomic E-state index is 0.0111. The van der Waals surface area contributed by atoms with Gasteiger partial charge in [-0.05, 0) is 54.4 Å². The van der Waals surface area contributed by atoms with Crippen LogP contribution in [0.3, 0.4) is 0 Å². The molecule has 0 radical (unpaired) electrons. The van der Waals surface area contributed by atoms with E-state index >= 15 is 0 Å². The SMILES string of the molecule is O=C1[C@H]2[C@@H]3C=C[C@H]([C@H]4C[C@H]34)[C@@H]2C(=O)N1c1ccc(Br)cc1. The molecule has 2 bridgehead atoms. The van der Waals surface area contributed by atoms with Gasteiger partial charge in [0, 0.05) is 4.47 Å². The molecule has 1 heterocycles. The highest BCUT2D eigenvalue weighted by molar-refractivity contribution is 9.10. The van der Waals surface area contributed by atoms with E-state index in [0.717, 1.165) is 4.47 Å². The topological polar surface area (TPSA) is 37.4 Å². The van der Waals surface area contributed by atoms with Crippen molar-refractivity contribution < 1.29 is 9.59 Å². The van der Waals surface area contributed by atoms with E-state index in [-0.39, 0.29) is 23.7 Å². The number of nitrogens with zero attached hydrogens (tertiary/aromatic N) is 1. The number of hydrogen-bond acceptors (Lipinski definition) is 2. The maximum atomic E-state index is 12.8. The molecule has 3 fully saturated rings. The number of rotatable bonds is 1. The molecular formula is C17H14BrNO2. The molecule has 6 rings (SSSR count). The Balaban J connectivity index is 1.58. The minimum atomic E-state index is -0.111. The Labute approximate surface area is 131 Å². The van der Waals surface area contributed by atoms with Crippen LogP contribution in [0.2, 0.25) is 0 Å². The predicted molar refractivity (Wildman–Crippen MR) is 81.3 cm³/mol. The van der Waals surface area contributed by atoms with Gasteiger partial charge >= 0.3 is 0 Å². The number of hydrogen-bond donors (Lipinski definition) is 0. The maximum absolute atomic E-state index is 12.8. The summed E-state index contributed by atoms with van der Waals surface area (Å²) < 4.78 is 0.950. The van der Waals surface area contributed by atoms with E-state index in [1.165, 1.54) is 11.3 Å². The molecule has 6 atom stereocenters. The van der Waals surface area contributed by atoms with Crippen molar-refractivity contribution in [1.82, 2.24) is 0 Å². The lowest BCUT2D eigenvalue weighted by atomic mass is 9.63. The highest BCUT2D eigenvalue weighted by Crippen LogP contribution is 2.65. The number of carbonyl (C=O) groups excluding carboxylic acids is 2. The van der Waals surface area contributed by atoms with Crippen molar-refractivity contribution >= 4 is 33.4 Å². The predicted octanol–water partition coefficient (Wildman–Crippen LogP) is 3.01. The molecule has 0 N–H and O–H groups in total. The van der Waals surface area contributed by atoms with Crippen LogP contribution in [0.4, 0.5) is 5.69 Å². The van der Waals surface area contributed by atoms with Gasteiger partial charge in [0.25, 0.3) is 0 Å². The second-order valence-corrected chi connectivity index (χ2v) is 7.56. The number of halogens is 1. The second-order valence-electron chi connectivity index (χ2n) is 6.64. The lowest BCUT2D eigenvalue weighted by Crippen LogP contribution is -2.40. The Kier molecular flexibility index (Phi) is 2.23. The molecule has 1 saturated heterocycles. The number of amides is 2. The van der Waals surface area contributed by atoms with Gasteiger partial charge < -0.3 is 0 Å². The zero-order chi connectivity index (χ0) is 14.3. The van der Waals surface area contributed by atoms with E-state index in [1.54, 1.807) is 0 Å². The van der Waals surface area contributed by atoms with Crippen LogP contribution in [-0.2, 0) is 9.59 Å². The van der Waals surface area contributed by atoms with E-state index in [1.807, 2.05) is 24.3 Å². The lowest BCUT2D eigenvalue weighted by Gasteiger charge is -2.37. The summed E-state index contributed by atoms with van der Waals surface area (Å²) in [4.78, 5) is 27.1. The number of benzene rings is 1. The Morgan fingerprint density at radius 1 is 0.905 bits per heavy atom. The average Bonchev–Trinajstić information content (AvgIpc) is 3.26. The summed E-state index contributed by atoms with van der Waals surface area (Å²) in [6.07, 6.45) is 5.61. The molecule has 0 aromatic heterocycles. The normalized spacial score (nSPS) is 42.2. The van der Waals surface area contributed by atoms with Gasteiger partial charge in [-0.2, -0.15) is 0 Å². The highest BCUT2D eigenvalue weighted by atomic mass is 79.9. The van der Waals surface area contributed by atoms with Crippen LogP contribution in [0.25, 0.3) is 0 Å². The molecule has 2 amide bonds. The Bertz CT molecular complexity index is 659. The monoisotopic (exact) mass is 343 g/mol. The molecular weight excluding hydrogens is 330 g/mol. The average molecular weight is 344 g/mol. The van der Waals surface area contributed by atoms with E-state index in [2.05, 4.69) is 28.1 Å². The number of carbonyl (C=O) groups is 2. The van der Waals surface area contributed by atoms with Gasteiger partial charge in [-0.3, -0.25) is 14.5 Å². The van der Waals surface area contributed by atoms with Gasteiger partial charge in [-0.15, -0.1) is 0 Å². The van der Waals surface area contributed by atoms with Crippen LogP contribution in [0.1, 0.15) is 6.42 Å². The van der Waals surface area contributed by atoms with E-state index in [9.17, 15) is 9.59 Å². The van der Waals surface area contributed by atoms with Crippen LogP contribution < -0.4 is 4.90 Å². The first-order valence-electron chi connectivity index (χ1n) is 7.48. The molecule has 1 aromatic rings. The van der Waals surface area contributed by atoms with Gasteiger partial charge in [-0.1, -0.05) is 28.1 Å². The summed E-state index contributed by atoms with van der Waals surface area (Å²) in [6, 6.07) is 7.44. The molecule has 1 aromatic carbocycles. The third-order valence-electron chi connectivity index (χ3n) is 5.75. The Morgan fingerprint density at radius 3 is 1.95 bits per heavy atom. The van der Waals surface area contributed by atoms with Crippen molar-refractivity contribution in [2.75, 3.05) is 4.90 Å². The van der Waals surface area contributed by atoms with Gasteiger partial charge in [0.15, 0.2) is 0 Å². The molecule has 106 valence electrons. The van der Waals surface area contributed by atoms with Crippen LogP contribution in [0.5, 0.6) is 0 Å². The maximum Gasteiger partial charge on any atom is 0.238 e. The van der Waals surface area contributed by atoms with Gasteiger partial charge in [-0.25, -0.2) is 0 Å². The number of imide groups is 1. The molecule has 3 nitrogen and oxygen atoms in total. The van der Waals surface area contributed by atoms with Crippen LogP contribution in [-0.4, -0.2) is 11.8 Å². The Hall–Kier alpha value is -1.42. The summed E-state index contributed by atoms with van der Waals surface area (Å²) in [7, 11) is 0. The lowest BCUT2D eigenvalue weighted by molar-refractivity contribution is -0.124. The smallest absolute Gasteiger partial charge is 0.238 e. The summed E-state index contributed by atoms with van der Waals surface area (Å²) in [5.74, 6) is 1.70. The fraction of sp³-hybridized carbons (Fsp3) is 0.412. The van der Waals surface area contributed by atoms with E-state index in [4.69, 9.17) is 0 Å². The minimum Gasteiger partial charge on any atom is -0.274 e. The molecule has 5 aliphatic rings. The van der Waals surface area contributed by atoms with E-state index in [0.29, 0.717) is 29.4 Å². The summed E-state index contributed by atoms with van der Waals surface area (Å²) in [5.41, 5.74) is 0.704. The largest absolute Gasteiger partial charge is 0.274 e. The van der Waals surface area contributed by atoms with Crippen LogP contribution >= 0.6 is 15.9 Å². The van der Waals surface area contributed by atoms with Crippen LogP contribution in [0, 0.1) is 35.5 Å². The zero-order valence-corrected chi connectivity index (χ0v) is 12.9. The molecule has 4 aliphatic carbocycles. The molecule has 0 spiro atoms. The second kappa shape index (κ2) is 3.86. The zero-order valence-electron chi connectivity index (χ0n) is 11.3. The highest BCUT2D eigenvalue weighted by Gasteiger charge is 2.67. The van der Waals surface area contributed by atoms with Crippen molar-refractivity contribution in [3.63, 3.8) is 0 Å². The summed E-state index contributed by atoms with van der Waals surface area (Å²) >= 11 is 3.39. The van der Waals surface area contributed by atoms with Crippen molar-refractivity contribution in [2.45, 2.75) is 6.42 Å². The van der Waals surface area contributed by atoms with Gasteiger partial charge in [0.1, 0.15) is 0 Å². The quantitative estimate of drug-likeness (QED) is 0.580.